The van der Waals surface area contributed by atoms with Crippen LogP contribution in [0.15, 0.2) is 59.3 Å². The van der Waals surface area contributed by atoms with E-state index in [-0.39, 0.29) is 6.42 Å². The number of carboxylic acids is 1. The van der Waals surface area contributed by atoms with Gasteiger partial charge in [0.05, 0.1) is 12.1 Å². The summed E-state index contributed by atoms with van der Waals surface area (Å²) in [5.41, 5.74) is 2.84. The van der Waals surface area contributed by atoms with Gasteiger partial charge in [0.2, 0.25) is 0 Å². The molecule has 7 nitrogen and oxygen atoms in total. The molecule has 0 aliphatic carbocycles. The fourth-order valence-electron chi connectivity index (χ4n) is 2.71. The molecule has 1 N–H and O–H groups in total. The van der Waals surface area contributed by atoms with E-state index < -0.39 is 5.97 Å². The number of hydrogen-bond acceptors (Lipinski definition) is 5. The van der Waals surface area contributed by atoms with Crippen molar-refractivity contribution in [1.82, 2.24) is 20.2 Å². The molecule has 4 rings (SSSR count). The highest BCUT2D eigenvalue weighted by Crippen LogP contribution is 2.35. The van der Waals surface area contributed by atoms with Gasteiger partial charge in [-0.1, -0.05) is 30.3 Å². The van der Waals surface area contributed by atoms with Crippen molar-refractivity contribution in [2.45, 2.75) is 6.42 Å². The maximum atomic E-state index is 11.3. The van der Waals surface area contributed by atoms with Gasteiger partial charge in [0.25, 0.3) is 0 Å². The van der Waals surface area contributed by atoms with E-state index in [0.29, 0.717) is 16.9 Å². The lowest BCUT2D eigenvalue weighted by Gasteiger charge is -2.01. The molecule has 2 aromatic heterocycles. The first kappa shape index (κ1) is 14.1. The van der Waals surface area contributed by atoms with E-state index in [9.17, 15) is 9.90 Å². The van der Waals surface area contributed by atoms with Crippen LogP contribution in [0.5, 0.6) is 0 Å². The molecule has 0 saturated carbocycles. The molecule has 2 aromatic carbocycles. The second-order valence-electron chi connectivity index (χ2n) is 5.28. The van der Waals surface area contributed by atoms with Gasteiger partial charge in [-0.3, -0.25) is 4.79 Å². The molecule has 24 heavy (non-hydrogen) atoms. The predicted octanol–water partition coefficient (Wildman–Crippen LogP) is 2.70. The van der Waals surface area contributed by atoms with Crippen LogP contribution in [0.25, 0.3) is 28.0 Å². The molecule has 2 heterocycles. The molecule has 0 radical (unpaired) electrons. The van der Waals surface area contributed by atoms with Gasteiger partial charge in [-0.25, -0.2) is 4.68 Å². The molecule has 0 aliphatic rings. The standard InChI is InChI=1S/C17H12N4O3/c22-16(23)9-14-13-8-12(21-10-18-19-20-21)6-7-15(13)24-17(14)11-4-2-1-3-5-11/h1-8,10H,9H2,(H,22,23). The monoisotopic (exact) mass is 320 g/mol. The van der Waals surface area contributed by atoms with Crippen molar-refractivity contribution in [1.29, 1.82) is 0 Å². The zero-order valence-corrected chi connectivity index (χ0v) is 12.5. The first-order valence-corrected chi connectivity index (χ1v) is 7.28. The van der Waals surface area contributed by atoms with Crippen molar-refractivity contribution in [2.24, 2.45) is 0 Å². The fourth-order valence-corrected chi connectivity index (χ4v) is 2.71. The van der Waals surface area contributed by atoms with Crippen LogP contribution in [-0.4, -0.2) is 31.3 Å². The van der Waals surface area contributed by atoms with Gasteiger partial charge in [-0.05, 0) is 28.6 Å². The number of aromatic nitrogens is 4. The van der Waals surface area contributed by atoms with Crippen molar-refractivity contribution in [3.05, 3.63) is 60.4 Å². The second kappa shape index (κ2) is 5.62. The van der Waals surface area contributed by atoms with Crippen LogP contribution in [0.4, 0.5) is 0 Å². The smallest absolute Gasteiger partial charge is 0.307 e. The summed E-state index contributed by atoms with van der Waals surface area (Å²) in [6.45, 7) is 0. The Morgan fingerprint density at radius 3 is 2.71 bits per heavy atom. The van der Waals surface area contributed by atoms with Crippen LogP contribution in [0.3, 0.4) is 0 Å². The molecule has 0 spiro atoms. The molecular weight excluding hydrogens is 308 g/mol. The fraction of sp³-hybridized carbons (Fsp3) is 0.0588. The highest BCUT2D eigenvalue weighted by Gasteiger charge is 2.19. The maximum absolute atomic E-state index is 11.3. The Morgan fingerprint density at radius 1 is 1.17 bits per heavy atom. The molecule has 0 atom stereocenters. The number of furan rings is 1. The van der Waals surface area contributed by atoms with Crippen molar-refractivity contribution in [3.8, 4) is 17.0 Å². The molecule has 0 bridgehead atoms. The van der Waals surface area contributed by atoms with Gasteiger partial charge >= 0.3 is 5.97 Å². The number of carbonyl (C=O) groups is 1. The quantitative estimate of drug-likeness (QED) is 0.621. The number of carboxylic acid groups (broad SMARTS) is 1. The summed E-state index contributed by atoms with van der Waals surface area (Å²) in [5, 5.41) is 21.1. The maximum Gasteiger partial charge on any atom is 0.307 e. The predicted molar refractivity (Wildman–Crippen MR) is 85.7 cm³/mol. The van der Waals surface area contributed by atoms with Crippen LogP contribution < -0.4 is 0 Å². The molecule has 118 valence electrons. The highest BCUT2D eigenvalue weighted by atomic mass is 16.4. The minimum atomic E-state index is -0.914. The van der Waals surface area contributed by atoms with Crippen molar-refractivity contribution < 1.29 is 14.3 Å². The molecule has 0 saturated heterocycles. The second-order valence-corrected chi connectivity index (χ2v) is 5.28. The molecule has 7 heteroatoms. The van der Waals surface area contributed by atoms with Crippen LogP contribution in [0, 0.1) is 0 Å². The Morgan fingerprint density at radius 2 is 2.00 bits per heavy atom. The van der Waals surface area contributed by atoms with Gasteiger partial charge in [-0.2, -0.15) is 0 Å². The van der Waals surface area contributed by atoms with Crippen molar-refractivity contribution >= 4 is 16.9 Å². The largest absolute Gasteiger partial charge is 0.481 e. The Labute approximate surface area is 136 Å². The first-order valence-electron chi connectivity index (χ1n) is 7.28. The zero-order chi connectivity index (χ0) is 16.5. The summed E-state index contributed by atoms with van der Waals surface area (Å²) >= 11 is 0. The third kappa shape index (κ3) is 2.41. The highest BCUT2D eigenvalue weighted by molar-refractivity contribution is 5.92. The van der Waals surface area contributed by atoms with E-state index in [2.05, 4.69) is 15.5 Å². The summed E-state index contributed by atoms with van der Waals surface area (Å²) in [6, 6.07) is 14.9. The van der Waals surface area contributed by atoms with Crippen LogP contribution in [-0.2, 0) is 11.2 Å². The number of fused-ring (bicyclic) bond motifs is 1. The van der Waals surface area contributed by atoms with Crippen LogP contribution >= 0.6 is 0 Å². The van der Waals surface area contributed by atoms with Crippen LogP contribution in [0.2, 0.25) is 0 Å². The number of nitrogens with zero attached hydrogens (tertiary/aromatic N) is 4. The van der Waals surface area contributed by atoms with E-state index in [1.807, 2.05) is 42.5 Å². The molecular formula is C17H12N4O3. The summed E-state index contributed by atoms with van der Waals surface area (Å²) in [4.78, 5) is 11.3. The molecule has 0 unspecified atom stereocenters. The number of benzene rings is 2. The van der Waals surface area contributed by atoms with Gasteiger partial charge < -0.3 is 9.52 Å². The number of rotatable bonds is 4. The summed E-state index contributed by atoms with van der Waals surface area (Å²) in [6.07, 6.45) is 1.35. The van der Waals surface area contributed by atoms with Gasteiger partial charge in [0, 0.05) is 16.5 Å². The van der Waals surface area contributed by atoms with E-state index in [4.69, 9.17) is 4.42 Å². The van der Waals surface area contributed by atoms with E-state index in [1.54, 1.807) is 6.07 Å². The van der Waals surface area contributed by atoms with Crippen molar-refractivity contribution in [3.63, 3.8) is 0 Å². The summed E-state index contributed by atoms with van der Waals surface area (Å²) < 4.78 is 7.45. The third-order valence-electron chi connectivity index (χ3n) is 3.75. The Balaban J connectivity index is 1.94. The molecule has 4 aromatic rings. The van der Waals surface area contributed by atoms with Gasteiger partial charge in [0.15, 0.2) is 0 Å². The molecule has 0 fully saturated rings. The Bertz CT molecular complexity index is 1010. The number of aliphatic carboxylic acids is 1. The topological polar surface area (TPSA) is 94.0 Å². The lowest BCUT2D eigenvalue weighted by atomic mass is 10.0. The summed E-state index contributed by atoms with van der Waals surface area (Å²) in [5.74, 6) is -0.343. The Kier molecular flexibility index (Phi) is 3.31. The van der Waals surface area contributed by atoms with E-state index >= 15 is 0 Å². The minimum Gasteiger partial charge on any atom is -0.481 e. The summed E-state index contributed by atoms with van der Waals surface area (Å²) in [7, 11) is 0. The zero-order valence-electron chi connectivity index (χ0n) is 12.5. The normalized spacial score (nSPS) is 11.0. The first-order chi connectivity index (χ1) is 11.7. The van der Waals surface area contributed by atoms with Gasteiger partial charge in [0.1, 0.15) is 17.7 Å². The lowest BCUT2D eigenvalue weighted by Crippen LogP contribution is -2.01. The van der Waals surface area contributed by atoms with Crippen molar-refractivity contribution in [2.75, 3.05) is 0 Å². The van der Waals surface area contributed by atoms with Gasteiger partial charge in [-0.15, -0.1) is 5.10 Å². The van der Waals surface area contributed by atoms with E-state index in [0.717, 1.165) is 16.6 Å². The third-order valence-corrected chi connectivity index (χ3v) is 3.75. The molecule has 0 amide bonds. The van der Waals surface area contributed by atoms with Crippen LogP contribution in [0.1, 0.15) is 5.56 Å². The SMILES string of the molecule is O=C(O)Cc1c(-c2ccccc2)oc2ccc(-n3cnnn3)cc12. The molecule has 0 aliphatic heterocycles. The number of tetrazole rings is 1. The average Bonchev–Trinajstić information content (AvgIpc) is 3.23. The van der Waals surface area contributed by atoms with E-state index in [1.165, 1.54) is 11.0 Å². The average molecular weight is 320 g/mol. The Hall–Kier alpha value is -3.48. The number of hydrogen-bond donors (Lipinski definition) is 1. The lowest BCUT2D eigenvalue weighted by molar-refractivity contribution is -0.136. The minimum absolute atomic E-state index is 0.129.